The maximum absolute atomic E-state index is 10.3. The van der Waals surface area contributed by atoms with Gasteiger partial charge in [0.15, 0.2) is 0 Å². The highest BCUT2D eigenvalue weighted by Gasteiger charge is 2.40. The molecule has 0 atom stereocenters. The SMILES string of the molecule is [2H]c1cc([2H])c2c(c1[2H])-c1c(ccc([2H])c1N(c1c([2H])cc([2H])c(-c3cc([2H])c([2H])c4c3-c3c([2H])c([2H])c([2H])c([2H])c3C4(C)C)c1[2H])c1c([2H])cc3c(c1[2H])C(C([2H])([2H])[2H])(C([2H])([2H])[2H])c1c([2H])c([2H])c([2H])c([2H])c1-3)C2(C([2H])([2H])[2H])C([2H])([2H])[2H]. The van der Waals surface area contributed by atoms with E-state index in [-0.39, 0.29) is 27.8 Å². The molecule has 7 aromatic rings. The van der Waals surface area contributed by atoms with Crippen molar-refractivity contribution in [3.63, 3.8) is 0 Å². The summed E-state index contributed by atoms with van der Waals surface area (Å²) in [5.41, 5.74) is -19.6. The Kier molecular flexibility index (Phi) is 2.63. The average molecular weight is 701 g/mol. The second kappa shape index (κ2) is 10.7. The minimum atomic E-state index is -3.92. The van der Waals surface area contributed by atoms with Gasteiger partial charge in [-0.25, -0.2) is 0 Å². The van der Waals surface area contributed by atoms with E-state index in [9.17, 15) is 13.7 Å². The van der Waals surface area contributed by atoms with Gasteiger partial charge in [-0.3, -0.25) is 0 Å². The van der Waals surface area contributed by atoms with Gasteiger partial charge in [-0.15, -0.1) is 0 Å². The van der Waals surface area contributed by atoms with Gasteiger partial charge in [0.2, 0.25) is 0 Å². The molecule has 0 fully saturated rings. The molecule has 0 spiro atoms. The molecule has 0 unspecified atom stereocenters. The van der Waals surface area contributed by atoms with Crippen molar-refractivity contribution in [2.75, 3.05) is 4.90 Å². The monoisotopic (exact) mass is 701 g/mol. The zero-order chi connectivity index (χ0) is 62.1. The second-order valence-corrected chi connectivity index (χ2v) is 13.3. The molecule has 0 amide bonds. The van der Waals surface area contributed by atoms with Crippen LogP contribution in [-0.2, 0) is 16.2 Å². The van der Waals surface area contributed by atoms with Crippen molar-refractivity contribution in [2.24, 2.45) is 0 Å². The molecule has 3 aliphatic carbocycles. The molecule has 0 radical (unpaired) electrons. The van der Waals surface area contributed by atoms with E-state index in [1.54, 1.807) is 0 Å². The van der Waals surface area contributed by atoms with Gasteiger partial charge in [0, 0.05) is 49.6 Å². The molecular weight excluding hydrogens is 627 g/mol. The van der Waals surface area contributed by atoms with Crippen molar-refractivity contribution in [1.82, 2.24) is 0 Å². The Morgan fingerprint density at radius 1 is 0.442 bits per heavy atom. The Balaban J connectivity index is 1.48. The van der Waals surface area contributed by atoms with Gasteiger partial charge in [-0.05, 0) is 103 Å². The van der Waals surface area contributed by atoms with Crippen molar-refractivity contribution < 1.29 is 42.5 Å². The Labute approximate surface area is 351 Å². The molecule has 7 aromatic carbocycles. The van der Waals surface area contributed by atoms with Gasteiger partial charge in [-0.2, -0.15) is 0 Å². The molecule has 1 heteroatoms. The van der Waals surface area contributed by atoms with E-state index in [4.69, 9.17) is 28.8 Å². The Morgan fingerprint density at radius 2 is 1.12 bits per heavy atom. The largest absolute Gasteiger partial charge is 0.310 e. The minimum absolute atomic E-state index is 0.0421. The predicted molar refractivity (Wildman–Crippen MR) is 219 cm³/mol. The maximum atomic E-state index is 10.3. The van der Waals surface area contributed by atoms with Gasteiger partial charge in [-0.1, -0.05) is 162 Å². The molecule has 3 aliphatic rings. The zero-order valence-corrected chi connectivity index (χ0v) is 27.4. The fourth-order valence-corrected chi connectivity index (χ4v) is 7.60. The van der Waals surface area contributed by atoms with Crippen LogP contribution >= 0.6 is 0 Å². The summed E-state index contributed by atoms with van der Waals surface area (Å²) >= 11 is 0. The molecule has 0 saturated carbocycles. The molecule has 0 saturated heterocycles. The van der Waals surface area contributed by atoms with E-state index in [0.29, 0.717) is 4.90 Å². The molecule has 0 N–H and O–H groups in total. The van der Waals surface area contributed by atoms with Crippen LogP contribution in [0.4, 0.5) is 17.1 Å². The first-order valence-electron chi connectivity index (χ1n) is 31.6. The molecule has 10 rings (SSSR count). The van der Waals surface area contributed by atoms with E-state index in [0.717, 1.165) is 36.4 Å². The van der Waals surface area contributed by atoms with E-state index >= 15 is 0 Å². The number of nitrogens with zero attached hydrogens (tertiary/aromatic N) is 1. The van der Waals surface area contributed by atoms with Crippen LogP contribution in [0.15, 0.2) is 151 Å². The number of fused-ring (bicyclic) bond motifs is 9. The number of benzene rings is 7. The highest BCUT2D eigenvalue weighted by molar-refractivity contribution is 5.98. The number of rotatable bonds is 4. The van der Waals surface area contributed by atoms with Crippen molar-refractivity contribution in [1.29, 1.82) is 0 Å². The Morgan fingerprint density at radius 3 is 1.94 bits per heavy atom. The molecule has 0 heterocycles. The molecule has 0 aromatic heterocycles. The van der Waals surface area contributed by atoms with E-state index in [1.807, 2.05) is 0 Å². The van der Waals surface area contributed by atoms with Gasteiger partial charge < -0.3 is 4.90 Å². The molecule has 0 aliphatic heterocycles. The highest BCUT2D eigenvalue weighted by Crippen LogP contribution is 2.57. The van der Waals surface area contributed by atoms with Crippen LogP contribution in [0, 0.1) is 0 Å². The quantitative estimate of drug-likeness (QED) is 0.177. The van der Waals surface area contributed by atoms with Crippen molar-refractivity contribution in [3.05, 3.63) is 185 Å². The lowest BCUT2D eigenvalue weighted by atomic mass is 9.82. The van der Waals surface area contributed by atoms with Crippen molar-refractivity contribution in [3.8, 4) is 44.5 Å². The van der Waals surface area contributed by atoms with Crippen LogP contribution in [-0.4, -0.2) is 0 Å². The Hall–Kier alpha value is -5.66. The van der Waals surface area contributed by atoms with Gasteiger partial charge in [0.25, 0.3) is 0 Å². The normalized spacial score (nSPS) is 25.5. The molecule has 1 nitrogen and oxygen atoms in total. The van der Waals surface area contributed by atoms with Crippen LogP contribution in [0.1, 0.15) is 117 Å². The molecular formula is C51H43N. The van der Waals surface area contributed by atoms with E-state index < -0.39 is 226 Å². The summed E-state index contributed by atoms with van der Waals surface area (Å²) in [5.74, 6) is 0. The smallest absolute Gasteiger partial charge is 0.0651 e. The molecule has 52 heavy (non-hydrogen) atoms. The first kappa shape index (κ1) is 12.8. The number of hydrogen-bond donors (Lipinski definition) is 0. The van der Waals surface area contributed by atoms with Crippen molar-refractivity contribution >= 4 is 17.1 Å². The van der Waals surface area contributed by atoms with Crippen LogP contribution in [0.3, 0.4) is 0 Å². The standard InChI is InChI=1S/C51H43N/c1-49(2)41-23-11-8-19-38(41)47-35(21-14-25-43(47)49)32-16-13-17-33(30-32)52(34-28-29-37-36-18-7-10-22-40(36)51(5,6)45(37)31-34)46-27-15-26-44-48(46)39-20-9-12-24-42(39)50(44,3)4/h7-31H,1-6H3/i3D3,4D3,5D3,6D3,7D,8D,9D,10D,11D,14D,16D,17D,18D,19D,20D,22D,23D,24D,25D,27D,28D,30D,31D. The third kappa shape index (κ3) is 4.11. The highest BCUT2D eigenvalue weighted by atomic mass is 15.1. The van der Waals surface area contributed by atoms with Crippen molar-refractivity contribution in [2.45, 2.75) is 57.5 Å². The van der Waals surface area contributed by atoms with Crippen LogP contribution < -0.4 is 4.90 Å². The lowest BCUT2D eigenvalue weighted by Gasteiger charge is -2.31. The third-order valence-electron chi connectivity index (χ3n) is 10.0. The summed E-state index contributed by atoms with van der Waals surface area (Å²) in [6.45, 7) is -12.3. The van der Waals surface area contributed by atoms with E-state index in [1.165, 1.54) is 13.8 Å². The van der Waals surface area contributed by atoms with Crippen LogP contribution in [0.2, 0.25) is 0 Å². The fraction of sp³-hybridized carbons (Fsp3) is 0.176. The van der Waals surface area contributed by atoms with E-state index in [2.05, 4.69) is 0 Å². The maximum Gasteiger partial charge on any atom is 0.0651 e. The first-order chi connectivity index (χ1) is 38.0. The lowest BCUT2D eigenvalue weighted by Crippen LogP contribution is -2.17. The fourth-order valence-electron chi connectivity index (χ4n) is 7.60. The molecule has 252 valence electrons. The number of hydrogen-bond acceptors (Lipinski definition) is 1. The third-order valence-corrected chi connectivity index (χ3v) is 10.0. The minimum Gasteiger partial charge on any atom is -0.310 e. The first-order valence-corrected chi connectivity index (χ1v) is 16.1. The average Bonchev–Trinajstić information content (AvgIpc) is 1.59. The molecule has 0 bridgehead atoms. The summed E-state index contributed by atoms with van der Waals surface area (Å²) < 4.78 is 284. The number of anilines is 3. The summed E-state index contributed by atoms with van der Waals surface area (Å²) in [7, 11) is 0. The van der Waals surface area contributed by atoms with Gasteiger partial charge >= 0.3 is 0 Å². The lowest BCUT2D eigenvalue weighted by molar-refractivity contribution is 0.660. The summed E-state index contributed by atoms with van der Waals surface area (Å²) in [5, 5.41) is 0. The topological polar surface area (TPSA) is 3.24 Å². The summed E-state index contributed by atoms with van der Waals surface area (Å²) in [6.07, 6.45) is 0. The summed E-state index contributed by atoms with van der Waals surface area (Å²) in [4.78, 5) is 0.560. The van der Waals surface area contributed by atoms with Crippen LogP contribution in [0.5, 0.6) is 0 Å². The Bertz CT molecular complexity index is 4090. The van der Waals surface area contributed by atoms with Crippen LogP contribution in [0.25, 0.3) is 44.5 Å². The zero-order valence-electron chi connectivity index (χ0n) is 58.4. The van der Waals surface area contributed by atoms with Gasteiger partial charge in [0.1, 0.15) is 0 Å². The second-order valence-electron chi connectivity index (χ2n) is 13.3. The van der Waals surface area contributed by atoms with Gasteiger partial charge in [0.05, 0.1) is 31.7 Å². The summed E-state index contributed by atoms with van der Waals surface area (Å²) in [6, 6.07) is -11.4. The predicted octanol–water partition coefficient (Wildman–Crippen LogP) is 13.7.